The number of rotatable bonds is 8. The summed E-state index contributed by atoms with van der Waals surface area (Å²) in [5, 5.41) is 3.78. The number of H-pyrrole nitrogens is 1. The van der Waals surface area contributed by atoms with Gasteiger partial charge in [0.05, 0.1) is 6.33 Å². The minimum absolute atomic E-state index is 0.174. The molecule has 1 aromatic heterocycles. The predicted octanol–water partition coefficient (Wildman–Crippen LogP) is 2.78. The van der Waals surface area contributed by atoms with E-state index >= 15 is 0 Å². The van der Waals surface area contributed by atoms with Crippen molar-refractivity contribution in [1.82, 2.24) is 15.3 Å². The number of imidazole rings is 1. The third-order valence-corrected chi connectivity index (χ3v) is 6.19. The SMILES string of the molecule is O=C(CCCCC1CCSS1)NCCc1cnc[nH]1. The molecule has 2 N–H and O–H groups in total. The van der Waals surface area contributed by atoms with Crippen molar-refractivity contribution in [2.45, 2.75) is 43.8 Å². The molecule has 0 bridgehead atoms. The van der Waals surface area contributed by atoms with Gasteiger partial charge in [-0.1, -0.05) is 28.0 Å². The van der Waals surface area contributed by atoms with Crippen LogP contribution in [0.2, 0.25) is 0 Å². The van der Waals surface area contributed by atoms with E-state index in [0.29, 0.717) is 13.0 Å². The van der Waals surface area contributed by atoms with Gasteiger partial charge in [-0.3, -0.25) is 4.79 Å². The summed E-state index contributed by atoms with van der Waals surface area (Å²) in [6.07, 6.45) is 9.73. The fourth-order valence-electron chi connectivity index (χ4n) is 2.07. The Hall–Kier alpha value is -0.620. The molecule has 1 fully saturated rings. The van der Waals surface area contributed by atoms with Crippen LogP contribution in [-0.4, -0.2) is 33.4 Å². The topological polar surface area (TPSA) is 57.8 Å². The van der Waals surface area contributed by atoms with Crippen molar-refractivity contribution in [3.05, 3.63) is 18.2 Å². The molecule has 19 heavy (non-hydrogen) atoms. The predicted molar refractivity (Wildman–Crippen MR) is 82.2 cm³/mol. The molecule has 1 unspecified atom stereocenters. The van der Waals surface area contributed by atoms with Crippen LogP contribution in [0, 0.1) is 0 Å². The Labute approximate surface area is 122 Å². The molecule has 1 aliphatic rings. The number of unbranched alkanes of at least 4 members (excludes halogenated alkanes) is 1. The highest BCUT2D eigenvalue weighted by atomic mass is 33.1. The average Bonchev–Trinajstić information content (AvgIpc) is 3.07. The van der Waals surface area contributed by atoms with Crippen molar-refractivity contribution in [3.8, 4) is 0 Å². The van der Waals surface area contributed by atoms with Gasteiger partial charge in [0, 0.05) is 42.3 Å². The minimum atomic E-state index is 0.174. The Balaban J connectivity index is 1.45. The summed E-state index contributed by atoms with van der Waals surface area (Å²) in [6.45, 7) is 0.691. The first-order chi connectivity index (χ1) is 9.34. The van der Waals surface area contributed by atoms with Crippen molar-refractivity contribution in [2.75, 3.05) is 12.3 Å². The zero-order valence-corrected chi connectivity index (χ0v) is 12.7. The van der Waals surface area contributed by atoms with Crippen LogP contribution in [0.4, 0.5) is 0 Å². The van der Waals surface area contributed by atoms with Crippen molar-refractivity contribution in [3.63, 3.8) is 0 Å². The lowest BCUT2D eigenvalue weighted by atomic mass is 10.1. The second-order valence-electron chi connectivity index (χ2n) is 4.75. The largest absolute Gasteiger partial charge is 0.356 e. The second kappa shape index (κ2) is 8.53. The lowest BCUT2D eigenvalue weighted by molar-refractivity contribution is -0.121. The Kier molecular flexibility index (Phi) is 6.64. The molecule has 106 valence electrons. The zero-order chi connectivity index (χ0) is 13.3. The van der Waals surface area contributed by atoms with Crippen LogP contribution in [0.5, 0.6) is 0 Å². The van der Waals surface area contributed by atoms with Gasteiger partial charge < -0.3 is 10.3 Å². The van der Waals surface area contributed by atoms with E-state index in [2.05, 4.69) is 15.3 Å². The first kappa shape index (κ1) is 14.8. The standard InChI is InChI=1S/C13H21N3OS2/c17-13(15-7-5-11-9-14-10-16-11)4-2-1-3-12-6-8-18-19-12/h9-10,12H,1-8H2,(H,14,16)(H,15,17). The Bertz CT molecular complexity index is 364. The van der Waals surface area contributed by atoms with Gasteiger partial charge in [0.1, 0.15) is 0 Å². The minimum Gasteiger partial charge on any atom is -0.356 e. The normalized spacial score (nSPS) is 18.6. The summed E-state index contributed by atoms with van der Waals surface area (Å²) in [5.74, 6) is 1.47. The maximum absolute atomic E-state index is 11.6. The Morgan fingerprint density at radius 2 is 2.47 bits per heavy atom. The highest BCUT2D eigenvalue weighted by Crippen LogP contribution is 2.39. The Morgan fingerprint density at radius 1 is 1.53 bits per heavy atom. The van der Waals surface area contributed by atoms with E-state index in [4.69, 9.17) is 0 Å². The van der Waals surface area contributed by atoms with Crippen LogP contribution in [0.25, 0.3) is 0 Å². The van der Waals surface area contributed by atoms with Crippen LogP contribution in [0.3, 0.4) is 0 Å². The molecule has 4 nitrogen and oxygen atoms in total. The number of nitrogens with one attached hydrogen (secondary N) is 2. The van der Waals surface area contributed by atoms with Crippen molar-refractivity contribution in [1.29, 1.82) is 0 Å². The van der Waals surface area contributed by atoms with Gasteiger partial charge in [0.15, 0.2) is 0 Å². The number of carbonyl (C=O) groups is 1. The van der Waals surface area contributed by atoms with Crippen molar-refractivity contribution < 1.29 is 4.79 Å². The van der Waals surface area contributed by atoms with E-state index in [1.165, 1.54) is 25.0 Å². The molecular weight excluding hydrogens is 278 g/mol. The van der Waals surface area contributed by atoms with Crippen molar-refractivity contribution >= 4 is 27.5 Å². The van der Waals surface area contributed by atoms with Gasteiger partial charge in [-0.25, -0.2) is 4.98 Å². The molecular formula is C13H21N3OS2. The molecule has 0 aliphatic carbocycles. The van der Waals surface area contributed by atoms with E-state index in [0.717, 1.165) is 23.8 Å². The molecule has 0 aromatic carbocycles. The maximum Gasteiger partial charge on any atom is 0.220 e. The van der Waals surface area contributed by atoms with Crippen LogP contribution >= 0.6 is 21.6 Å². The quantitative estimate of drug-likeness (QED) is 0.572. The highest BCUT2D eigenvalue weighted by molar-refractivity contribution is 8.77. The van der Waals surface area contributed by atoms with Crippen molar-refractivity contribution in [2.24, 2.45) is 0 Å². The second-order valence-corrected chi connectivity index (χ2v) is 7.54. The van der Waals surface area contributed by atoms with E-state index in [1.54, 1.807) is 12.5 Å². The number of nitrogens with zero attached hydrogens (tertiary/aromatic N) is 1. The lowest BCUT2D eigenvalue weighted by Crippen LogP contribution is -2.25. The third-order valence-electron chi connectivity index (χ3n) is 3.18. The number of hydrogen-bond donors (Lipinski definition) is 2. The molecule has 1 aliphatic heterocycles. The fraction of sp³-hybridized carbons (Fsp3) is 0.692. The number of aromatic nitrogens is 2. The lowest BCUT2D eigenvalue weighted by Gasteiger charge is -2.07. The molecule has 2 rings (SSSR count). The third kappa shape index (κ3) is 5.91. The number of carbonyl (C=O) groups excluding carboxylic acids is 1. The molecule has 1 saturated heterocycles. The summed E-state index contributed by atoms with van der Waals surface area (Å²) in [5.41, 5.74) is 1.07. The average molecular weight is 299 g/mol. The first-order valence-corrected chi connectivity index (χ1v) is 9.25. The maximum atomic E-state index is 11.6. The van der Waals surface area contributed by atoms with Crippen LogP contribution < -0.4 is 5.32 Å². The molecule has 0 radical (unpaired) electrons. The zero-order valence-electron chi connectivity index (χ0n) is 11.1. The first-order valence-electron chi connectivity index (χ1n) is 6.87. The van der Waals surface area contributed by atoms with Gasteiger partial charge in [-0.2, -0.15) is 0 Å². The molecule has 2 heterocycles. The van der Waals surface area contributed by atoms with E-state index in [9.17, 15) is 4.79 Å². The summed E-state index contributed by atoms with van der Waals surface area (Å²) >= 11 is 0. The summed E-state index contributed by atoms with van der Waals surface area (Å²) in [7, 11) is 4.01. The fourth-order valence-corrected chi connectivity index (χ4v) is 5.10. The van der Waals surface area contributed by atoms with Gasteiger partial charge >= 0.3 is 0 Å². The molecule has 6 heteroatoms. The molecule has 0 saturated carbocycles. The molecule has 1 atom stereocenters. The molecule has 1 aromatic rings. The van der Waals surface area contributed by atoms with Crippen LogP contribution in [0.1, 0.15) is 37.8 Å². The van der Waals surface area contributed by atoms with Gasteiger partial charge in [-0.15, -0.1) is 0 Å². The van der Waals surface area contributed by atoms with Crippen LogP contribution in [-0.2, 0) is 11.2 Å². The van der Waals surface area contributed by atoms with Gasteiger partial charge in [-0.05, 0) is 19.3 Å². The van der Waals surface area contributed by atoms with Gasteiger partial charge in [0.2, 0.25) is 5.91 Å². The number of amides is 1. The molecule has 0 spiro atoms. The molecule has 1 amide bonds. The number of hydrogen-bond acceptors (Lipinski definition) is 4. The summed E-state index contributed by atoms with van der Waals surface area (Å²) < 4.78 is 0. The van der Waals surface area contributed by atoms with E-state index < -0.39 is 0 Å². The summed E-state index contributed by atoms with van der Waals surface area (Å²) in [4.78, 5) is 18.6. The van der Waals surface area contributed by atoms with E-state index in [-0.39, 0.29) is 5.91 Å². The van der Waals surface area contributed by atoms with Crippen LogP contribution in [0.15, 0.2) is 12.5 Å². The Morgan fingerprint density at radius 3 is 3.21 bits per heavy atom. The monoisotopic (exact) mass is 299 g/mol. The number of aromatic amines is 1. The van der Waals surface area contributed by atoms with Gasteiger partial charge in [0.25, 0.3) is 0 Å². The summed E-state index contributed by atoms with van der Waals surface area (Å²) in [6, 6.07) is 0. The van der Waals surface area contributed by atoms with E-state index in [1.807, 2.05) is 21.6 Å². The smallest absolute Gasteiger partial charge is 0.220 e. The highest BCUT2D eigenvalue weighted by Gasteiger charge is 2.15.